The summed E-state index contributed by atoms with van der Waals surface area (Å²) in [5.74, 6) is 1.97. The maximum Gasteiger partial charge on any atom is 0.134 e. The molecule has 2 heterocycles. The number of ether oxygens (including phenoxy) is 1. The second kappa shape index (κ2) is 8.17. The summed E-state index contributed by atoms with van der Waals surface area (Å²) in [4.78, 5) is 8.90. The molecule has 5 nitrogen and oxygen atoms in total. The number of nitrogens with one attached hydrogen (secondary N) is 2. The van der Waals surface area contributed by atoms with Gasteiger partial charge in [-0.05, 0) is 32.6 Å². The molecule has 0 saturated carbocycles. The first-order valence-electron chi connectivity index (χ1n) is 8.20. The third kappa shape index (κ3) is 4.56. The molecule has 1 fully saturated rings. The van der Waals surface area contributed by atoms with Crippen LogP contribution in [0.1, 0.15) is 52.0 Å². The van der Waals surface area contributed by atoms with E-state index < -0.39 is 0 Å². The van der Waals surface area contributed by atoms with E-state index in [4.69, 9.17) is 4.74 Å². The highest BCUT2D eigenvalue weighted by Crippen LogP contribution is 2.25. The molecule has 5 heteroatoms. The Morgan fingerprint density at radius 3 is 2.76 bits per heavy atom. The van der Waals surface area contributed by atoms with Crippen molar-refractivity contribution in [3.05, 3.63) is 11.9 Å². The minimum Gasteiger partial charge on any atom is -0.378 e. The van der Waals surface area contributed by atoms with Gasteiger partial charge in [-0.2, -0.15) is 0 Å². The van der Waals surface area contributed by atoms with E-state index in [2.05, 4.69) is 41.4 Å². The fourth-order valence-electron chi connectivity index (χ4n) is 2.74. The van der Waals surface area contributed by atoms with E-state index in [0.717, 1.165) is 56.9 Å². The molecule has 2 unspecified atom stereocenters. The fourth-order valence-corrected chi connectivity index (χ4v) is 2.74. The second-order valence-electron chi connectivity index (χ2n) is 5.77. The molecular weight excluding hydrogens is 264 g/mol. The summed E-state index contributed by atoms with van der Waals surface area (Å²) in [5.41, 5.74) is 1.22. The fraction of sp³-hybridized carbons (Fsp3) is 0.750. The molecule has 0 amide bonds. The zero-order valence-corrected chi connectivity index (χ0v) is 13.5. The summed E-state index contributed by atoms with van der Waals surface area (Å²) in [6.45, 7) is 8.26. The third-order valence-corrected chi connectivity index (χ3v) is 3.81. The molecule has 1 aromatic heterocycles. The molecule has 0 radical (unpaired) electrons. The van der Waals surface area contributed by atoms with Crippen molar-refractivity contribution in [3.63, 3.8) is 0 Å². The van der Waals surface area contributed by atoms with Gasteiger partial charge in [0, 0.05) is 24.8 Å². The highest BCUT2D eigenvalue weighted by Gasteiger charge is 2.21. The zero-order chi connectivity index (χ0) is 15.1. The van der Waals surface area contributed by atoms with Crippen molar-refractivity contribution in [2.24, 2.45) is 0 Å². The second-order valence-corrected chi connectivity index (χ2v) is 5.77. The number of nitrogens with zero attached hydrogens (tertiary/aromatic N) is 2. The summed E-state index contributed by atoms with van der Waals surface area (Å²) in [7, 11) is 0. The van der Waals surface area contributed by atoms with Crippen molar-refractivity contribution < 1.29 is 4.74 Å². The van der Waals surface area contributed by atoms with Gasteiger partial charge in [-0.15, -0.1) is 0 Å². The molecule has 1 aliphatic heterocycles. The van der Waals surface area contributed by atoms with Gasteiger partial charge in [-0.3, -0.25) is 0 Å². The van der Waals surface area contributed by atoms with Crippen molar-refractivity contribution in [2.45, 2.75) is 65.0 Å². The molecule has 0 spiro atoms. The van der Waals surface area contributed by atoms with Crippen LogP contribution in [-0.2, 0) is 11.2 Å². The quantitative estimate of drug-likeness (QED) is 0.808. The lowest BCUT2D eigenvalue weighted by Crippen LogP contribution is -2.33. The maximum absolute atomic E-state index is 5.62. The topological polar surface area (TPSA) is 59.1 Å². The van der Waals surface area contributed by atoms with Crippen molar-refractivity contribution >= 4 is 11.6 Å². The average Bonchev–Trinajstić information content (AvgIpc) is 2.48. The van der Waals surface area contributed by atoms with E-state index in [9.17, 15) is 0 Å². The molecule has 0 bridgehead atoms. The van der Waals surface area contributed by atoms with Crippen LogP contribution in [0, 0.1) is 0 Å². The Hall–Kier alpha value is -1.36. The smallest absolute Gasteiger partial charge is 0.134 e. The lowest BCUT2D eigenvalue weighted by atomic mass is 10.0. The molecule has 2 rings (SSSR count). The van der Waals surface area contributed by atoms with Gasteiger partial charge in [0.2, 0.25) is 0 Å². The van der Waals surface area contributed by atoms with Gasteiger partial charge in [0.05, 0.1) is 6.10 Å². The van der Waals surface area contributed by atoms with Crippen LogP contribution < -0.4 is 10.6 Å². The predicted molar refractivity (Wildman–Crippen MR) is 86.9 cm³/mol. The van der Waals surface area contributed by atoms with Crippen LogP contribution in [0.25, 0.3) is 0 Å². The van der Waals surface area contributed by atoms with Crippen molar-refractivity contribution in [1.82, 2.24) is 9.97 Å². The SMILES string of the molecule is CCCNc1ncnc(NC2CCOC(C)C2)c1CCC. The van der Waals surface area contributed by atoms with Crippen molar-refractivity contribution in [2.75, 3.05) is 23.8 Å². The van der Waals surface area contributed by atoms with E-state index in [1.54, 1.807) is 6.33 Å². The van der Waals surface area contributed by atoms with Gasteiger partial charge < -0.3 is 15.4 Å². The van der Waals surface area contributed by atoms with E-state index in [1.165, 1.54) is 5.56 Å². The lowest BCUT2D eigenvalue weighted by Gasteiger charge is -2.29. The van der Waals surface area contributed by atoms with Gasteiger partial charge in [0.25, 0.3) is 0 Å². The number of hydrogen-bond acceptors (Lipinski definition) is 5. The minimum absolute atomic E-state index is 0.324. The van der Waals surface area contributed by atoms with Crippen LogP contribution in [0.2, 0.25) is 0 Å². The van der Waals surface area contributed by atoms with E-state index >= 15 is 0 Å². The Morgan fingerprint density at radius 2 is 2.05 bits per heavy atom. The Labute approximate surface area is 127 Å². The molecule has 0 aliphatic carbocycles. The van der Waals surface area contributed by atoms with Crippen LogP contribution in [0.4, 0.5) is 11.6 Å². The lowest BCUT2D eigenvalue weighted by molar-refractivity contribution is 0.0231. The summed E-state index contributed by atoms with van der Waals surface area (Å²) in [6.07, 6.45) is 7.23. The first-order valence-corrected chi connectivity index (χ1v) is 8.20. The first-order chi connectivity index (χ1) is 10.2. The van der Waals surface area contributed by atoms with Gasteiger partial charge in [0.15, 0.2) is 0 Å². The van der Waals surface area contributed by atoms with E-state index in [0.29, 0.717) is 12.1 Å². The molecule has 2 atom stereocenters. The zero-order valence-electron chi connectivity index (χ0n) is 13.5. The standard InChI is InChI=1S/C16H28N4O/c1-4-6-14-15(17-8-5-2)18-11-19-16(14)20-13-7-9-21-12(3)10-13/h11-13H,4-10H2,1-3H3,(H2,17,18,19,20). The van der Waals surface area contributed by atoms with E-state index in [-0.39, 0.29) is 0 Å². The van der Waals surface area contributed by atoms with Gasteiger partial charge in [0.1, 0.15) is 18.0 Å². The van der Waals surface area contributed by atoms with Gasteiger partial charge in [-0.1, -0.05) is 20.3 Å². The molecule has 21 heavy (non-hydrogen) atoms. The summed E-state index contributed by atoms with van der Waals surface area (Å²) in [5, 5.41) is 7.03. The molecule has 1 aliphatic rings. The monoisotopic (exact) mass is 292 g/mol. The van der Waals surface area contributed by atoms with Crippen LogP contribution in [0.3, 0.4) is 0 Å². The van der Waals surface area contributed by atoms with Gasteiger partial charge >= 0.3 is 0 Å². The van der Waals surface area contributed by atoms with Crippen LogP contribution in [-0.4, -0.2) is 35.3 Å². The van der Waals surface area contributed by atoms with Crippen LogP contribution >= 0.6 is 0 Å². The molecule has 118 valence electrons. The number of hydrogen-bond donors (Lipinski definition) is 2. The Balaban J connectivity index is 2.12. The minimum atomic E-state index is 0.324. The summed E-state index contributed by atoms with van der Waals surface area (Å²) < 4.78 is 5.62. The average molecular weight is 292 g/mol. The van der Waals surface area contributed by atoms with E-state index in [1.807, 2.05) is 0 Å². The Kier molecular flexibility index (Phi) is 6.23. The number of aromatic nitrogens is 2. The molecular formula is C16H28N4O. The first kappa shape index (κ1) is 16.0. The van der Waals surface area contributed by atoms with Crippen LogP contribution in [0.15, 0.2) is 6.33 Å². The largest absolute Gasteiger partial charge is 0.378 e. The maximum atomic E-state index is 5.62. The Bertz CT molecular complexity index is 438. The summed E-state index contributed by atoms with van der Waals surface area (Å²) >= 11 is 0. The summed E-state index contributed by atoms with van der Waals surface area (Å²) in [6, 6.07) is 0.443. The highest BCUT2D eigenvalue weighted by atomic mass is 16.5. The highest BCUT2D eigenvalue weighted by molar-refractivity contribution is 5.57. The van der Waals surface area contributed by atoms with Gasteiger partial charge in [-0.25, -0.2) is 9.97 Å². The molecule has 2 N–H and O–H groups in total. The predicted octanol–water partition coefficient (Wildman–Crippen LogP) is 3.23. The molecule has 0 aromatic carbocycles. The normalized spacial score (nSPS) is 22.0. The number of rotatable bonds is 7. The molecule has 1 aromatic rings. The third-order valence-electron chi connectivity index (χ3n) is 3.81. The van der Waals surface area contributed by atoms with Crippen LogP contribution in [0.5, 0.6) is 0 Å². The molecule has 1 saturated heterocycles. The Morgan fingerprint density at radius 1 is 1.24 bits per heavy atom. The number of anilines is 2. The van der Waals surface area contributed by atoms with Crippen molar-refractivity contribution in [3.8, 4) is 0 Å². The van der Waals surface area contributed by atoms with Crippen molar-refractivity contribution in [1.29, 1.82) is 0 Å².